The van der Waals surface area contributed by atoms with Crippen molar-refractivity contribution in [3.63, 3.8) is 0 Å². The van der Waals surface area contributed by atoms with Gasteiger partial charge in [0.15, 0.2) is 0 Å². The minimum Gasteiger partial charge on any atom is -0.494 e. The molecule has 5 heteroatoms. The predicted molar refractivity (Wildman–Crippen MR) is 73.0 cm³/mol. The van der Waals surface area contributed by atoms with Crippen molar-refractivity contribution in [2.24, 2.45) is 0 Å². The van der Waals surface area contributed by atoms with E-state index in [1.807, 2.05) is 24.4 Å². The minimum atomic E-state index is 0.101. The van der Waals surface area contributed by atoms with Gasteiger partial charge in [0.05, 0.1) is 18.3 Å². The number of ether oxygens (including phenoxy) is 1. The highest BCUT2D eigenvalue weighted by Crippen LogP contribution is 2.23. The molecule has 0 spiro atoms. The zero-order valence-electron chi connectivity index (χ0n) is 10.6. The minimum absolute atomic E-state index is 0.101. The second-order valence-electron chi connectivity index (χ2n) is 3.82. The molecule has 0 saturated heterocycles. The Bertz CT molecular complexity index is 456. The van der Waals surface area contributed by atoms with Crippen LogP contribution in [0, 0.1) is 0 Å². The average Bonchev–Trinajstić information content (AvgIpc) is 2.91. The van der Waals surface area contributed by atoms with Gasteiger partial charge in [0.25, 0.3) is 0 Å². The number of nitrogens with zero attached hydrogens (tertiary/aromatic N) is 2. The van der Waals surface area contributed by atoms with E-state index in [2.05, 4.69) is 34.0 Å². The highest BCUT2D eigenvalue weighted by molar-refractivity contribution is 7.03. The maximum absolute atomic E-state index is 5.44. The van der Waals surface area contributed by atoms with Crippen molar-refractivity contribution in [1.82, 2.24) is 14.9 Å². The second kappa shape index (κ2) is 6.47. The van der Waals surface area contributed by atoms with Crippen molar-refractivity contribution in [1.29, 1.82) is 0 Å². The number of nitrogens with one attached hydrogen (secondary N) is 1. The average molecular weight is 263 g/mol. The summed E-state index contributed by atoms with van der Waals surface area (Å²) in [6, 6.07) is 8.21. The van der Waals surface area contributed by atoms with Crippen molar-refractivity contribution >= 4 is 11.5 Å². The van der Waals surface area contributed by atoms with Crippen LogP contribution in [0.4, 0.5) is 0 Å². The predicted octanol–water partition coefficient (Wildman–Crippen LogP) is 2.64. The Morgan fingerprint density at radius 3 is 2.61 bits per heavy atom. The van der Waals surface area contributed by atoms with E-state index in [0.717, 1.165) is 18.0 Å². The molecular formula is C13H17N3OS. The molecule has 1 aromatic carbocycles. The summed E-state index contributed by atoms with van der Waals surface area (Å²) < 4.78 is 9.37. The second-order valence-corrected chi connectivity index (χ2v) is 4.43. The molecule has 1 unspecified atom stereocenters. The Labute approximate surface area is 111 Å². The summed E-state index contributed by atoms with van der Waals surface area (Å²) >= 11 is 1.37. The van der Waals surface area contributed by atoms with E-state index in [9.17, 15) is 0 Å². The lowest BCUT2D eigenvalue weighted by atomic mass is 10.0. The molecule has 18 heavy (non-hydrogen) atoms. The summed E-state index contributed by atoms with van der Waals surface area (Å²) in [7, 11) is 0. The number of rotatable bonds is 6. The van der Waals surface area contributed by atoms with E-state index in [1.165, 1.54) is 17.1 Å². The highest BCUT2D eigenvalue weighted by Gasteiger charge is 2.15. The third-order valence-corrected chi connectivity index (χ3v) is 3.13. The summed E-state index contributed by atoms with van der Waals surface area (Å²) in [5, 5.41) is 9.54. The first-order valence-electron chi connectivity index (χ1n) is 6.08. The standard InChI is InChI=1S/C13H17N3OS/c1-3-14-13(12-9-18-16-15-12)10-5-7-11(8-6-10)17-4-2/h5-9,13-14H,3-4H2,1-2H3. The molecule has 0 saturated carbocycles. The smallest absolute Gasteiger partial charge is 0.119 e. The van der Waals surface area contributed by atoms with Gasteiger partial charge >= 0.3 is 0 Å². The number of benzene rings is 1. The van der Waals surface area contributed by atoms with Gasteiger partial charge in [-0.15, -0.1) is 5.10 Å². The van der Waals surface area contributed by atoms with E-state index in [-0.39, 0.29) is 6.04 Å². The van der Waals surface area contributed by atoms with Gasteiger partial charge < -0.3 is 10.1 Å². The summed E-state index contributed by atoms with van der Waals surface area (Å²) in [6.07, 6.45) is 0. The Hall–Kier alpha value is -1.46. The quantitative estimate of drug-likeness (QED) is 0.870. The largest absolute Gasteiger partial charge is 0.494 e. The van der Waals surface area contributed by atoms with E-state index in [1.54, 1.807) is 0 Å². The highest BCUT2D eigenvalue weighted by atomic mass is 32.1. The first-order chi connectivity index (χ1) is 8.85. The van der Waals surface area contributed by atoms with Gasteiger partial charge in [0.1, 0.15) is 5.75 Å². The fourth-order valence-corrected chi connectivity index (χ4v) is 2.30. The zero-order valence-corrected chi connectivity index (χ0v) is 11.4. The summed E-state index contributed by atoms with van der Waals surface area (Å²) in [5.74, 6) is 0.896. The van der Waals surface area contributed by atoms with Gasteiger partial charge in [-0.25, -0.2) is 0 Å². The molecule has 1 atom stereocenters. The van der Waals surface area contributed by atoms with Crippen LogP contribution in [0.2, 0.25) is 0 Å². The van der Waals surface area contributed by atoms with Crippen LogP contribution in [0.25, 0.3) is 0 Å². The van der Waals surface area contributed by atoms with Crippen LogP contribution in [-0.4, -0.2) is 22.7 Å². The van der Waals surface area contributed by atoms with Gasteiger partial charge in [-0.3, -0.25) is 0 Å². The Morgan fingerprint density at radius 2 is 2.06 bits per heavy atom. The zero-order chi connectivity index (χ0) is 12.8. The van der Waals surface area contributed by atoms with Gasteiger partial charge in [0, 0.05) is 5.38 Å². The van der Waals surface area contributed by atoms with Crippen LogP contribution in [0.1, 0.15) is 31.1 Å². The number of aromatic nitrogens is 2. The van der Waals surface area contributed by atoms with E-state index < -0.39 is 0 Å². The Balaban J connectivity index is 2.20. The molecule has 96 valence electrons. The van der Waals surface area contributed by atoms with Crippen LogP contribution in [0.3, 0.4) is 0 Å². The molecule has 1 heterocycles. The lowest BCUT2D eigenvalue weighted by Crippen LogP contribution is -2.22. The normalized spacial score (nSPS) is 12.3. The molecular weight excluding hydrogens is 246 g/mol. The third kappa shape index (κ3) is 3.05. The van der Waals surface area contributed by atoms with Crippen LogP contribution < -0.4 is 10.1 Å². The molecule has 0 aliphatic heterocycles. The van der Waals surface area contributed by atoms with Gasteiger partial charge in [0.2, 0.25) is 0 Å². The molecule has 1 aromatic heterocycles. The molecule has 0 bridgehead atoms. The SMILES string of the molecule is CCNC(c1ccc(OCC)cc1)c1csnn1. The van der Waals surface area contributed by atoms with Crippen LogP contribution in [0.15, 0.2) is 29.6 Å². The lowest BCUT2D eigenvalue weighted by molar-refractivity contribution is 0.340. The fraction of sp³-hybridized carbons (Fsp3) is 0.385. The molecule has 2 aromatic rings. The van der Waals surface area contributed by atoms with Crippen molar-refractivity contribution in [3.8, 4) is 5.75 Å². The summed E-state index contributed by atoms with van der Waals surface area (Å²) in [4.78, 5) is 0. The fourth-order valence-electron chi connectivity index (χ4n) is 1.82. The van der Waals surface area contributed by atoms with E-state index in [4.69, 9.17) is 4.74 Å². The molecule has 0 aliphatic carbocycles. The Kier molecular flexibility index (Phi) is 4.66. The number of hydrogen-bond donors (Lipinski definition) is 1. The van der Waals surface area contributed by atoms with Gasteiger partial charge in [-0.2, -0.15) is 0 Å². The van der Waals surface area contributed by atoms with Crippen LogP contribution in [-0.2, 0) is 0 Å². The summed E-state index contributed by atoms with van der Waals surface area (Å²) in [6.45, 7) is 5.64. The monoisotopic (exact) mass is 263 g/mol. The van der Waals surface area contributed by atoms with Crippen LogP contribution in [0.5, 0.6) is 5.75 Å². The maximum Gasteiger partial charge on any atom is 0.119 e. The molecule has 0 amide bonds. The molecule has 1 N–H and O–H groups in total. The topological polar surface area (TPSA) is 47.0 Å². The van der Waals surface area contributed by atoms with Crippen molar-refractivity contribution in [2.75, 3.05) is 13.2 Å². The van der Waals surface area contributed by atoms with Crippen molar-refractivity contribution < 1.29 is 4.74 Å². The molecule has 2 rings (SSSR count). The van der Waals surface area contributed by atoms with E-state index in [0.29, 0.717) is 6.61 Å². The third-order valence-electron chi connectivity index (χ3n) is 2.61. The molecule has 4 nitrogen and oxygen atoms in total. The Morgan fingerprint density at radius 1 is 1.28 bits per heavy atom. The molecule has 0 radical (unpaired) electrons. The lowest BCUT2D eigenvalue weighted by Gasteiger charge is -2.16. The summed E-state index contributed by atoms with van der Waals surface area (Å²) in [5.41, 5.74) is 2.14. The van der Waals surface area contributed by atoms with Crippen molar-refractivity contribution in [2.45, 2.75) is 19.9 Å². The van der Waals surface area contributed by atoms with Gasteiger partial charge in [-0.05, 0) is 42.7 Å². The van der Waals surface area contributed by atoms with E-state index >= 15 is 0 Å². The van der Waals surface area contributed by atoms with Crippen LogP contribution >= 0.6 is 11.5 Å². The number of hydrogen-bond acceptors (Lipinski definition) is 5. The first-order valence-corrected chi connectivity index (χ1v) is 6.92. The molecule has 0 aliphatic rings. The first kappa shape index (κ1) is 13.0. The maximum atomic E-state index is 5.44. The van der Waals surface area contributed by atoms with Crippen molar-refractivity contribution in [3.05, 3.63) is 40.9 Å². The molecule has 0 fully saturated rings. The van der Waals surface area contributed by atoms with Gasteiger partial charge in [-0.1, -0.05) is 23.5 Å².